The Morgan fingerprint density at radius 3 is 1.68 bits per heavy atom. The van der Waals surface area contributed by atoms with Crippen LogP contribution in [0.25, 0.3) is 71.0 Å². The fourth-order valence-electron chi connectivity index (χ4n) is 6.38. The second-order valence-electron chi connectivity index (χ2n) is 10.6. The van der Waals surface area contributed by atoms with E-state index in [-0.39, 0.29) is 0 Å². The van der Waals surface area contributed by atoms with Gasteiger partial charge in [-0.3, -0.25) is 4.98 Å². The monoisotopic (exact) mass is 560 g/mol. The highest BCUT2D eigenvalue weighted by Gasteiger charge is 2.22. The topological polar surface area (TPSA) is 74.7 Å². The predicted octanol–water partition coefficient (Wildman–Crippen LogP) is 9.24. The van der Waals surface area contributed by atoms with Gasteiger partial charge in [-0.2, -0.15) is 10.5 Å². The number of hydrogen-bond donors (Lipinski definition) is 0. The number of aromatic nitrogens is 3. The molecule has 0 fully saturated rings. The molecule has 0 amide bonds. The fourth-order valence-corrected chi connectivity index (χ4v) is 6.38. The smallest absolute Gasteiger partial charge is 0.188 e. The molecule has 0 N–H and O–H groups in total. The third-order valence-electron chi connectivity index (χ3n) is 8.28. The number of hydrogen-bond acceptors (Lipinski definition) is 3. The Kier molecular flexibility index (Phi) is 5.53. The summed E-state index contributed by atoms with van der Waals surface area (Å²) in [4.78, 5) is 8.50. The maximum absolute atomic E-state index is 9.67. The van der Waals surface area contributed by atoms with E-state index < -0.39 is 0 Å². The molecule has 6 heteroatoms. The van der Waals surface area contributed by atoms with Crippen molar-refractivity contribution >= 4 is 49.3 Å². The Balaban J connectivity index is 1.54. The lowest BCUT2D eigenvalue weighted by Gasteiger charge is -2.19. The van der Waals surface area contributed by atoms with Gasteiger partial charge < -0.3 is 9.13 Å². The molecule has 44 heavy (non-hydrogen) atoms. The summed E-state index contributed by atoms with van der Waals surface area (Å²) >= 11 is 0. The lowest BCUT2D eigenvalue weighted by Crippen LogP contribution is -2.05. The van der Waals surface area contributed by atoms with Gasteiger partial charge in [-0.1, -0.05) is 54.6 Å². The Bertz CT molecular complexity index is 2430. The minimum atomic E-state index is 0.579. The van der Waals surface area contributed by atoms with Crippen LogP contribution in [0.5, 0.6) is 0 Å². The number of rotatable bonds is 3. The van der Waals surface area contributed by atoms with Gasteiger partial charge in [-0.25, -0.2) is 4.85 Å². The number of benzene rings is 5. The van der Waals surface area contributed by atoms with Crippen molar-refractivity contribution in [3.05, 3.63) is 144 Å². The molecule has 0 spiro atoms. The van der Waals surface area contributed by atoms with Gasteiger partial charge in [-0.05, 0) is 65.5 Å². The molecule has 0 unspecified atom stereocenters. The first-order chi connectivity index (χ1) is 21.7. The van der Waals surface area contributed by atoms with E-state index in [1.165, 1.54) is 0 Å². The van der Waals surface area contributed by atoms with Crippen LogP contribution < -0.4 is 0 Å². The number of para-hydroxylation sites is 2. The van der Waals surface area contributed by atoms with Gasteiger partial charge in [0.15, 0.2) is 5.69 Å². The Morgan fingerprint density at radius 1 is 0.568 bits per heavy atom. The number of fused-ring (bicyclic) bond motifs is 6. The second kappa shape index (κ2) is 9.71. The number of nitriles is 2. The second-order valence-corrected chi connectivity index (χ2v) is 10.6. The highest BCUT2D eigenvalue weighted by molar-refractivity contribution is 6.12. The third kappa shape index (κ3) is 3.61. The maximum Gasteiger partial charge on any atom is 0.188 e. The first-order valence-corrected chi connectivity index (χ1v) is 14.0. The van der Waals surface area contributed by atoms with Crippen molar-refractivity contribution in [2.24, 2.45) is 0 Å². The first kappa shape index (κ1) is 25.1. The van der Waals surface area contributed by atoms with E-state index in [1.807, 2.05) is 97.3 Å². The zero-order valence-corrected chi connectivity index (χ0v) is 23.2. The van der Waals surface area contributed by atoms with E-state index in [0.29, 0.717) is 16.8 Å². The molecule has 0 saturated carbocycles. The van der Waals surface area contributed by atoms with Crippen molar-refractivity contribution in [1.82, 2.24) is 14.1 Å². The number of pyridine rings is 1. The van der Waals surface area contributed by atoms with Crippen LogP contribution in [0.2, 0.25) is 0 Å². The van der Waals surface area contributed by atoms with Crippen molar-refractivity contribution in [2.75, 3.05) is 0 Å². The minimum absolute atomic E-state index is 0.579. The van der Waals surface area contributed by atoms with E-state index in [0.717, 1.165) is 66.1 Å². The molecule has 6 nitrogen and oxygen atoms in total. The molecule has 0 bridgehead atoms. The normalized spacial score (nSPS) is 11.1. The summed E-state index contributed by atoms with van der Waals surface area (Å²) in [5, 5.41) is 23.3. The van der Waals surface area contributed by atoms with Crippen LogP contribution >= 0.6 is 0 Å². The van der Waals surface area contributed by atoms with Crippen molar-refractivity contribution in [2.45, 2.75) is 0 Å². The highest BCUT2D eigenvalue weighted by atomic mass is 15.0. The summed E-state index contributed by atoms with van der Waals surface area (Å²) < 4.78 is 4.42. The molecule has 202 valence electrons. The SMILES string of the molecule is [C-]#[N+]c1ccc2c(c1)c1ccccc1n2-c1cncc(-n2c3ccccc3c3cc(C#N)ccc32)c1-c1ccc(C#N)cc1. The Morgan fingerprint density at radius 2 is 1.09 bits per heavy atom. The van der Waals surface area contributed by atoms with Gasteiger partial charge in [0.05, 0.1) is 75.7 Å². The summed E-state index contributed by atoms with van der Waals surface area (Å²) in [5.41, 5.74) is 9.29. The lowest BCUT2D eigenvalue weighted by molar-refractivity contribution is 1.09. The van der Waals surface area contributed by atoms with Crippen molar-refractivity contribution < 1.29 is 0 Å². The van der Waals surface area contributed by atoms with Crippen LogP contribution in [-0.2, 0) is 0 Å². The van der Waals surface area contributed by atoms with Gasteiger partial charge in [0.1, 0.15) is 0 Å². The molecule has 0 aliphatic rings. The summed E-state index contributed by atoms with van der Waals surface area (Å²) in [5.74, 6) is 0. The van der Waals surface area contributed by atoms with Crippen LogP contribution in [0, 0.1) is 29.2 Å². The van der Waals surface area contributed by atoms with Gasteiger partial charge in [0, 0.05) is 21.7 Å². The molecular weight excluding hydrogens is 540 g/mol. The average molecular weight is 561 g/mol. The molecule has 0 atom stereocenters. The van der Waals surface area contributed by atoms with E-state index >= 15 is 0 Å². The molecule has 0 radical (unpaired) electrons. The highest BCUT2D eigenvalue weighted by Crippen LogP contribution is 2.42. The molecule has 8 rings (SSSR count). The van der Waals surface area contributed by atoms with E-state index in [4.69, 9.17) is 11.6 Å². The van der Waals surface area contributed by atoms with Crippen LogP contribution in [-0.4, -0.2) is 14.1 Å². The van der Waals surface area contributed by atoms with Crippen LogP contribution in [0.15, 0.2) is 122 Å². The van der Waals surface area contributed by atoms with E-state index in [1.54, 1.807) is 0 Å². The van der Waals surface area contributed by atoms with Crippen molar-refractivity contribution in [1.29, 1.82) is 10.5 Å². The summed E-state index contributed by atoms with van der Waals surface area (Å²) in [6.45, 7) is 7.61. The number of nitrogens with zero attached hydrogens (tertiary/aromatic N) is 6. The molecule has 3 aromatic heterocycles. The molecule has 0 saturated heterocycles. The zero-order valence-electron chi connectivity index (χ0n) is 23.2. The van der Waals surface area contributed by atoms with Crippen molar-refractivity contribution in [3.63, 3.8) is 0 Å². The van der Waals surface area contributed by atoms with Crippen LogP contribution in [0.3, 0.4) is 0 Å². The van der Waals surface area contributed by atoms with Gasteiger partial charge in [-0.15, -0.1) is 0 Å². The molecular formula is C38H20N6. The summed E-state index contributed by atoms with van der Waals surface area (Å²) in [7, 11) is 0. The minimum Gasteiger partial charge on any atom is -0.307 e. The molecule has 0 aliphatic heterocycles. The first-order valence-electron chi connectivity index (χ1n) is 14.0. The van der Waals surface area contributed by atoms with Crippen LogP contribution in [0.1, 0.15) is 11.1 Å². The third-order valence-corrected chi connectivity index (χ3v) is 8.28. The lowest BCUT2D eigenvalue weighted by atomic mass is 10.0. The Labute approximate surface area is 252 Å². The molecule has 0 aliphatic carbocycles. The summed E-state index contributed by atoms with van der Waals surface area (Å²) in [6.07, 6.45) is 3.76. The van der Waals surface area contributed by atoms with Crippen molar-refractivity contribution in [3.8, 4) is 34.6 Å². The zero-order chi connectivity index (χ0) is 29.8. The van der Waals surface area contributed by atoms with Crippen LogP contribution in [0.4, 0.5) is 5.69 Å². The largest absolute Gasteiger partial charge is 0.307 e. The fraction of sp³-hybridized carbons (Fsp3) is 0. The Hall–Kier alpha value is -6.68. The quantitative estimate of drug-likeness (QED) is 0.202. The van der Waals surface area contributed by atoms with E-state index in [9.17, 15) is 10.5 Å². The summed E-state index contributed by atoms with van der Waals surface area (Å²) in [6, 6.07) is 40.1. The van der Waals surface area contributed by atoms with E-state index in [2.05, 4.69) is 50.4 Å². The average Bonchev–Trinajstić information content (AvgIpc) is 3.60. The van der Waals surface area contributed by atoms with Gasteiger partial charge in [0.2, 0.25) is 0 Å². The van der Waals surface area contributed by atoms with Gasteiger partial charge >= 0.3 is 0 Å². The standard InChI is InChI=1S/C38H20N6/c1-41-27-15-17-35-31(19-27)29-7-3-5-9-33(29)44(35)37-23-42-22-36(38(37)26-13-10-24(20-39)11-14-26)43-32-8-4-2-6-28(32)30-18-25(21-40)12-16-34(30)43/h2-19,22-23H. The predicted molar refractivity (Wildman–Crippen MR) is 174 cm³/mol. The molecule has 8 aromatic rings. The molecule has 3 heterocycles. The van der Waals surface area contributed by atoms with Gasteiger partial charge in [0.25, 0.3) is 0 Å². The maximum atomic E-state index is 9.67. The molecule has 5 aromatic carbocycles.